The Morgan fingerprint density at radius 3 is 1.92 bits per heavy atom. The Morgan fingerprint density at radius 1 is 0.840 bits per heavy atom. The standard InChI is InChI=1S/C19H18F2N2O2/c1-11-3-4-13(9-12(11)2)22-17(24)19(7-8-19)18(25)23-14-5-6-15(20)16(21)10-14/h3-6,9-10H,7-8H2,1-2H3,(H,22,24)(H,23,25). The first-order chi connectivity index (χ1) is 11.8. The Kier molecular flexibility index (Phi) is 4.29. The summed E-state index contributed by atoms with van der Waals surface area (Å²) < 4.78 is 26.2. The molecule has 0 saturated heterocycles. The van der Waals surface area contributed by atoms with Gasteiger partial charge in [-0.2, -0.15) is 0 Å². The minimum Gasteiger partial charge on any atom is -0.325 e. The van der Waals surface area contributed by atoms with Gasteiger partial charge in [-0.05, 0) is 62.1 Å². The fourth-order valence-electron chi connectivity index (χ4n) is 2.58. The molecule has 0 heterocycles. The SMILES string of the molecule is Cc1ccc(NC(=O)C2(C(=O)Nc3ccc(F)c(F)c3)CC2)cc1C. The largest absolute Gasteiger partial charge is 0.325 e. The van der Waals surface area contributed by atoms with Crippen LogP contribution in [0.4, 0.5) is 20.2 Å². The lowest BCUT2D eigenvalue weighted by molar-refractivity contribution is -0.131. The molecule has 2 amide bonds. The molecule has 0 aliphatic heterocycles. The van der Waals surface area contributed by atoms with Crippen LogP contribution >= 0.6 is 0 Å². The van der Waals surface area contributed by atoms with Gasteiger partial charge in [0.25, 0.3) is 0 Å². The van der Waals surface area contributed by atoms with Crippen molar-refractivity contribution in [2.24, 2.45) is 5.41 Å². The van der Waals surface area contributed by atoms with Crippen molar-refractivity contribution in [1.82, 2.24) is 0 Å². The molecule has 1 saturated carbocycles. The van der Waals surface area contributed by atoms with E-state index in [1.807, 2.05) is 26.0 Å². The summed E-state index contributed by atoms with van der Waals surface area (Å²) in [6.45, 7) is 3.91. The molecule has 3 rings (SSSR count). The lowest BCUT2D eigenvalue weighted by atomic mass is 10.0. The predicted octanol–water partition coefficient (Wildman–Crippen LogP) is 3.94. The van der Waals surface area contributed by atoms with Crippen LogP contribution in [0.5, 0.6) is 0 Å². The summed E-state index contributed by atoms with van der Waals surface area (Å²) in [6.07, 6.45) is 0.832. The molecule has 6 heteroatoms. The maximum Gasteiger partial charge on any atom is 0.240 e. The van der Waals surface area contributed by atoms with Crippen molar-refractivity contribution in [1.29, 1.82) is 0 Å². The van der Waals surface area contributed by atoms with Gasteiger partial charge in [0, 0.05) is 17.4 Å². The first-order valence-corrected chi connectivity index (χ1v) is 7.97. The molecule has 0 aromatic heterocycles. The van der Waals surface area contributed by atoms with Gasteiger partial charge in [-0.15, -0.1) is 0 Å². The number of anilines is 2. The predicted molar refractivity (Wildman–Crippen MR) is 91.2 cm³/mol. The van der Waals surface area contributed by atoms with Crippen LogP contribution < -0.4 is 10.6 Å². The lowest BCUT2D eigenvalue weighted by Crippen LogP contribution is -2.35. The summed E-state index contributed by atoms with van der Waals surface area (Å²) in [6, 6.07) is 8.60. The van der Waals surface area contributed by atoms with Gasteiger partial charge in [0.05, 0.1) is 0 Å². The van der Waals surface area contributed by atoms with Gasteiger partial charge in [-0.1, -0.05) is 6.07 Å². The third-order valence-corrected chi connectivity index (χ3v) is 4.56. The summed E-state index contributed by atoms with van der Waals surface area (Å²) >= 11 is 0. The van der Waals surface area contributed by atoms with E-state index in [0.29, 0.717) is 18.5 Å². The molecule has 130 valence electrons. The minimum atomic E-state index is -1.16. The van der Waals surface area contributed by atoms with Crippen LogP contribution in [-0.2, 0) is 9.59 Å². The normalized spacial score (nSPS) is 14.7. The maximum absolute atomic E-state index is 13.3. The average molecular weight is 344 g/mol. The number of rotatable bonds is 4. The molecule has 0 spiro atoms. The third kappa shape index (κ3) is 3.38. The Morgan fingerprint density at radius 2 is 1.40 bits per heavy atom. The van der Waals surface area contributed by atoms with Crippen LogP contribution in [-0.4, -0.2) is 11.8 Å². The van der Waals surface area contributed by atoms with Gasteiger partial charge in [0.1, 0.15) is 5.41 Å². The van der Waals surface area contributed by atoms with Crippen LogP contribution in [0.3, 0.4) is 0 Å². The van der Waals surface area contributed by atoms with E-state index in [1.54, 1.807) is 6.07 Å². The summed E-state index contributed by atoms with van der Waals surface area (Å²) in [5, 5.41) is 5.26. The fraction of sp³-hybridized carbons (Fsp3) is 0.263. The zero-order valence-corrected chi connectivity index (χ0v) is 14.0. The number of halogens is 2. The lowest BCUT2D eigenvalue weighted by Gasteiger charge is -2.16. The molecule has 1 aliphatic carbocycles. The topological polar surface area (TPSA) is 58.2 Å². The first-order valence-electron chi connectivity index (χ1n) is 7.97. The van der Waals surface area contributed by atoms with E-state index < -0.39 is 28.9 Å². The second-order valence-electron chi connectivity index (χ2n) is 6.42. The van der Waals surface area contributed by atoms with Crippen molar-refractivity contribution in [3.05, 3.63) is 59.2 Å². The van der Waals surface area contributed by atoms with Crippen molar-refractivity contribution >= 4 is 23.2 Å². The molecular weight excluding hydrogens is 326 g/mol. The Hall–Kier alpha value is -2.76. The second-order valence-corrected chi connectivity index (χ2v) is 6.42. The quantitative estimate of drug-likeness (QED) is 0.826. The summed E-state index contributed by atoms with van der Waals surface area (Å²) in [7, 11) is 0. The average Bonchev–Trinajstić information content (AvgIpc) is 3.36. The zero-order valence-electron chi connectivity index (χ0n) is 14.0. The smallest absolute Gasteiger partial charge is 0.240 e. The summed E-state index contributed by atoms with van der Waals surface area (Å²) in [5.41, 5.74) is 1.72. The number of hydrogen-bond acceptors (Lipinski definition) is 2. The van der Waals surface area contributed by atoms with Gasteiger partial charge < -0.3 is 10.6 Å². The Labute approximate surface area is 144 Å². The number of aryl methyl sites for hydroxylation is 2. The molecule has 2 aromatic rings. The van der Waals surface area contributed by atoms with E-state index in [2.05, 4.69) is 10.6 Å². The summed E-state index contributed by atoms with van der Waals surface area (Å²) in [4.78, 5) is 25.0. The van der Waals surface area contributed by atoms with Gasteiger partial charge in [-0.25, -0.2) is 8.78 Å². The van der Waals surface area contributed by atoms with E-state index >= 15 is 0 Å². The molecule has 0 atom stereocenters. The third-order valence-electron chi connectivity index (χ3n) is 4.56. The minimum absolute atomic E-state index is 0.120. The van der Waals surface area contributed by atoms with Crippen LogP contribution in [0.25, 0.3) is 0 Å². The molecule has 2 aromatic carbocycles. The van der Waals surface area contributed by atoms with E-state index in [-0.39, 0.29) is 5.69 Å². The van der Waals surface area contributed by atoms with Crippen molar-refractivity contribution in [2.75, 3.05) is 10.6 Å². The summed E-state index contributed by atoms with van der Waals surface area (Å²) in [5.74, 6) is -2.95. The van der Waals surface area contributed by atoms with Crippen molar-refractivity contribution < 1.29 is 18.4 Å². The molecule has 0 unspecified atom stereocenters. The molecule has 0 radical (unpaired) electrons. The zero-order chi connectivity index (χ0) is 18.2. The number of benzene rings is 2. The first kappa shape index (κ1) is 17.1. The highest BCUT2D eigenvalue weighted by atomic mass is 19.2. The molecule has 1 fully saturated rings. The number of carbonyl (C=O) groups is 2. The molecule has 2 N–H and O–H groups in total. The van der Waals surface area contributed by atoms with Crippen molar-refractivity contribution in [3.8, 4) is 0 Å². The second kappa shape index (κ2) is 6.27. The van der Waals surface area contributed by atoms with Gasteiger partial charge in [0.2, 0.25) is 11.8 Å². The number of hydrogen-bond donors (Lipinski definition) is 2. The molecule has 25 heavy (non-hydrogen) atoms. The fourth-order valence-corrected chi connectivity index (χ4v) is 2.58. The number of amides is 2. The van der Waals surface area contributed by atoms with Crippen molar-refractivity contribution in [3.63, 3.8) is 0 Å². The van der Waals surface area contributed by atoms with Gasteiger partial charge in [-0.3, -0.25) is 9.59 Å². The van der Waals surface area contributed by atoms with Crippen molar-refractivity contribution in [2.45, 2.75) is 26.7 Å². The number of nitrogens with one attached hydrogen (secondary N) is 2. The van der Waals surface area contributed by atoms with Gasteiger partial charge in [0.15, 0.2) is 11.6 Å². The highest BCUT2D eigenvalue weighted by Gasteiger charge is 2.56. The van der Waals surface area contributed by atoms with Crippen LogP contribution in [0.15, 0.2) is 36.4 Å². The Balaban J connectivity index is 1.72. The van der Waals surface area contributed by atoms with Crippen LogP contribution in [0.1, 0.15) is 24.0 Å². The molecule has 1 aliphatic rings. The maximum atomic E-state index is 13.3. The van der Waals surface area contributed by atoms with E-state index in [1.165, 1.54) is 6.07 Å². The van der Waals surface area contributed by atoms with E-state index in [0.717, 1.165) is 23.3 Å². The molecular formula is C19H18F2N2O2. The van der Waals surface area contributed by atoms with Crippen LogP contribution in [0, 0.1) is 30.9 Å². The monoisotopic (exact) mass is 344 g/mol. The number of carbonyl (C=O) groups excluding carboxylic acids is 2. The van der Waals surface area contributed by atoms with Gasteiger partial charge >= 0.3 is 0 Å². The highest BCUT2D eigenvalue weighted by Crippen LogP contribution is 2.47. The molecule has 0 bridgehead atoms. The molecule has 4 nitrogen and oxygen atoms in total. The Bertz CT molecular complexity index is 793. The van der Waals surface area contributed by atoms with E-state index in [9.17, 15) is 18.4 Å². The van der Waals surface area contributed by atoms with E-state index in [4.69, 9.17) is 0 Å². The highest BCUT2D eigenvalue weighted by molar-refractivity contribution is 6.16. The van der Waals surface area contributed by atoms with Crippen LogP contribution in [0.2, 0.25) is 0 Å².